The standard InChI is InChI=1S/C27H28N4O3S3/c1-3-31-15-14-20-23(16-31)36-27(24(20)26-28-21-6-4-5-7-22(21)35-26)29-25(32)17-8-12-19(13-9-17)37(33,34)30(2)18-10-11-18/h4-9,12-13,18H,3,10-11,14-16H2,1-2H3,(H,29,32). The van der Waals surface area contributed by atoms with Gasteiger partial charge in [0.15, 0.2) is 0 Å². The van der Waals surface area contributed by atoms with Crippen LogP contribution >= 0.6 is 22.7 Å². The fourth-order valence-corrected chi connectivity index (χ4v) is 8.59. The monoisotopic (exact) mass is 552 g/mol. The summed E-state index contributed by atoms with van der Waals surface area (Å²) >= 11 is 3.27. The Morgan fingerprint density at radius 2 is 1.89 bits per heavy atom. The van der Waals surface area contributed by atoms with Crippen molar-refractivity contribution in [2.75, 3.05) is 25.5 Å². The van der Waals surface area contributed by atoms with Crippen molar-refractivity contribution in [2.45, 2.75) is 43.7 Å². The summed E-state index contributed by atoms with van der Waals surface area (Å²) < 4.78 is 28.2. The lowest BCUT2D eigenvalue weighted by Gasteiger charge is -2.25. The molecule has 0 spiro atoms. The zero-order valence-corrected chi connectivity index (χ0v) is 23.2. The first-order valence-corrected chi connectivity index (χ1v) is 15.5. The molecule has 1 aliphatic heterocycles. The minimum Gasteiger partial charge on any atom is -0.313 e. The van der Waals surface area contributed by atoms with Crippen molar-refractivity contribution in [3.63, 3.8) is 0 Å². The molecule has 0 atom stereocenters. The van der Waals surface area contributed by atoms with E-state index in [1.165, 1.54) is 26.9 Å². The molecule has 1 aliphatic carbocycles. The van der Waals surface area contributed by atoms with Crippen LogP contribution in [-0.4, -0.2) is 54.7 Å². The highest BCUT2D eigenvalue weighted by Crippen LogP contribution is 2.45. The van der Waals surface area contributed by atoms with Gasteiger partial charge < -0.3 is 5.32 Å². The Labute approximate surface area is 224 Å². The van der Waals surface area contributed by atoms with Crippen LogP contribution < -0.4 is 5.32 Å². The molecule has 2 aromatic carbocycles. The van der Waals surface area contributed by atoms with Gasteiger partial charge in [-0.05, 0) is 67.8 Å². The molecular formula is C27H28N4O3S3. The SMILES string of the molecule is CCN1CCc2c(sc(NC(=O)c3ccc(S(=O)(=O)N(C)C4CC4)cc3)c2-c2nc3ccccc3s2)C1. The highest BCUT2D eigenvalue weighted by molar-refractivity contribution is 7.89. The number of thiophene rings is 1. The number of nitrogens with one attached hydrogen (secondary N) is 1. The van der Waals surface area contributed by atoms with Gasteiger partial charge in [-0.15, -0.1) is 22.7 Å². The van der Waals surface area contributed by atoms with Gasteiger partial charge in [-0.1, -0.05) is 19.1 Å². The Morgan fingerprint density at radius 1 is 1.14 bits per heavy atom. The Morgan fingerprint density at radius 3 is 2.59 bits per heavy atom. The summed E-state index contributed by atoms with van der Waals surface area (Å²) in [5.41, 5.74) is 3.67. The van der Waals surface area contributed by atoms with Gasteiger partial charge in [0.05, 0.1) is 15.1 Å². The summed E-state index contributed by atoms with van der Waals surface area (Å²) in [6.07, 6.45) is 2.71. The van der Waals surface area contributed by atoms with Gasteiger partial charge >= 0.3 is 0 Å². The van der Waals surface area contributed by atoms with Gasteiger partial charge in [0.1, 0.15) is 10.0 Å². The summed E-state index contributed by atoms with van der Waals surface area (Å²) in [5, 5.41) is 4.86. The second-order valence-electron chi connectivity index (χ2n) is 9.54. The molecule has 2 aliphatic rings. The van der Waals surface area contributed by atoms with Gasteiger partial charge in [-0.25, -0.2) is 13.4 Å². The van der Waals surface area contributed by atoms with Crippen molar-refractivity contribution in [3.8, 4) is 10.6 Å². The molecule has 0 bridgehead atoms. The van der Waals surface area contributed by atoms with Crippen LogP contribution in [0, 0.1) is 0 Å². The predicted octanol–water partition coefficient (Wildman–Crippen LogP) is 5.44. The number of thiazole rings is 1. The van der Waals surface area contributed by atoms with Crippen LogP contribution in [0.1, 0.15) is 40.6 Å². The molecule has 1 N–H and O–H groups in total. The van der Waals surface area contributed by atoms with E-state index in [0.29, 0.717) is 5.56 Å². The van der Waals surface area contributed by atoms with Gasteiger partial charge in [-0.3, -0.25) is 9.69 Å². The van der Waals surface area contributed by atoms with Gasteiger partial charge in [0, 0.05) is 42.2 Å². The van der Waals surface area contributed by atoms with Crippen molar-refractivity contribution < 1.29 is 13.2 Å². The summed E-state index contributed by atoms with van der Waals surface area (Å²) in [6.45, 7) is 5.00. The van der Waals surface area contributed by atoms with Crippen molar-refractivity contribution in [1.82, 2.24) is 14.2 Å². The van der Waals surface area contributed by atoms with Gasteiger partial charge in [0.25, 0.3) is 5.91 Å². The van der Waals surface area contributed by atoms with Crippen LogP contribution in [0.2, 0.25) is 0 Å². The first kappa shape index (κ1) is 24.7. The number of benzene rings is 2. The summed E-state index contributed by atoms with van der Waals surface area (Å²) in [5.74, 6) is -0.257. The molecule has 7 nitrogen and oxygen atoms in total. The highest BCUT2D eigenvalue weighted by Gasteiger charge is 2.35. The predicted molar refractivity (Wildman–Crippen MR) is 150 cm³/mol. The summed E-state index contributed by atoms with van der Waals surface area (Å²) in [7, 11) is -1.93. The topological polar surface area (TPSA) is 82.6 Å². The second kappa shape index (κ2) is 9.59. The number of nitrogens with zero attached hydrogens (tertiary/aromatic N) is 3. The summed E-state index contributed by atoms with van der Waals surface area (Å²) in [4.78, 5) is 22.1. The number of para-hydroxylation sites is 1. The maximum absolute atomic E-state index is 13.3. The zero-order valence-electron chi connectivity index (χ0n) is 20.7. The molecule has 0 unspecified atom stereocenters. The average molecular weight is 553 g/mol. The number of likely N-dealkylation sites (N-methyl/N-ethyl adjacent to an activating group) is 1. The lowest BCUT2D eigenvalue weighted by Crippen LogP contribution is -2.29. The van der Waals surface area contributed by atoms with Crippen LogP contribution in [0.4, 0.5) is 5.00 Å². The number of fused-ring (bicyclic) bond motifs is 2. The maximum Gasteiger partial charge on any atom is 0.256 e. The molecule has 3 heterocycles. The molecule has 6 rings (SSSR count). The van der Waals surface area contributed by atoms with Crippen LogP contribution in [0.3, 0.4) is 0 Å². The lowest BCUT2D eigenvalue weighted by atomic mass is 10.0. The van der Waals surface area contributed by atoms with E-state index < -0.39 is 10.0 Å². The molecule has 0 radical (unpaired) electrons. The third-order valence-electron chi connectivity index (χ3n) is 7.17. The molecule has 1 saturated carbocycles. The van der Waals surface area contributed by atoms with Crippen LogP contribution in [0.5, 0.6) is 0 Å². The Balaban J connectivity index is 1.32. The van der Waals surface area contributed by atoms with E-state index in [2.05, 4.69) is 23.2 Å². The van der Waals surface area contributed by atoms with E-state index in [-0.39, 0.29) is 16.8 Å². The molecule has 10 heteroatoms. The smallest absolute Gasteiger partial charge is 0.256 e. The van der Waals surface area contributed by atoms with Crippen LogP contribution in [-0.2, 0) is 23.0 Å². The number of carbonyl (C=O) groups excluding carboxylic acids is 1. The average Bonchev–Trinajstić information content (AvgIpc) is 3.57. The van der Waals surface area contributed by atoms with E-state index in [1.54, 1.807) is 41.9 Å². The number of sulfonamides is 1. The molecule has 37 heavy (non-hydrogen) atoms. The van der Waals surface area contributed by atoms with E-state index in [1.807, 2.05) is 18.2 Å². The normalized spacial score (nSPS) is 16.3. The fourth-order valence-electron chi connectivity index (χ4n) is 4.77. The fraction of sp³-hybridized carbons (Fsp3) is 0.333. The Kier molecular flexibility index (Phi) is 6.40. The van der Waals surface area contributed by atoms with E-state index >= 15 is 0 Å². The van der Waals surface area contributed by atoms with Crippen molar-refractivity contribution >= 4 is 53.8 Å². The molecule has 2 aromatic heterocycles. The number of amides is 1. The molecule has 1 amide bonds. The number of hydrogen-bond acceptors (Lipinski definition) is 7. The zero-order chi connectivity index (χ0) is 25.7. The maximum atomic E-state index is 13.3. The van der Waals surface area contributed by atoms with Crippen molar-refractivity contribution in [1.29, 1.82) is 0 Å². The summed E-state index contributed by atoms with van der Waals surface area (Å²) in [6, 6.07) is 14.4. The van der Waals surface area contributed by atoms with Crippen LogP contribution in [0.15, 0.2) is 53.4 Å². The Hall–Kier alpha value is -2.63. The van der Waals surface area contributed by atoms with Gasteiger partial charge in [0.2, 0.25) is 10.0 Å². The number of hydrogen-bond donors (Lipinski definition) is 1. The first-order chi connectivity index (χ1) is 17.8. The molecule has 4 aromatic rings. The minimum absolute atomic E-state index is 0.0856. The van der Waals surface area contributed by atoms with E-state index in [9.17, 15) is 13.2 Å². The Bertz CT molecular complexity index is 1550. The van der Waals surface area contributed by atoms with Crippen molar-refractivity contribution in [2.24, 2.45) is 0 Å². The number of aromatic nitrogens is 1. The quantitative estimate of drug-likeness (QED) is 0.330. The second-order valence-corrected chi connectivity index (χ2v) is 13.7. The molecule has 192 valence electrons. The molecular weight excluding hydrogens is 525 g/mol. The third-order valence-corrected chi connectivity index (χ3v) is 11.3. The van der Waals surface area contributed by atoms with Gasteiger partial charge in [-0.2, -0.15) is 4.31 Å². The van der Waals surface area contributed by atoms with E-state index in [4.69, 9.17) is 4.98 Å². The largest absolute Gasteiger partial charge is 0.313 e. The van der Waals surface area contributed by atoms with E-state index in [0.717, 1.165) is 64.7 Å². The highest BCUT2D eigenvalue weighted by atomic mass is 32.2. The number of carbonyl (C=O) groups is 1. The molecule has 0 saturated heterocycles. The number of anilines is 1. The number of rotatable bonds is 7. The van der Waals surface area contributed by atoms with Crippen LogP contribution in [0.25, 0.3) is 20.8 Å². The first-order valence-electron chi connectivity index (χ1n) is 12.5. The van der Waals surface area contributed by atoms with Crippen molar-refractivity contribution in [3.05, 3.63) is 64.5 Å². The third kappa shape index (κ3) is 4.61. The minimum atomic E-state index is -3.55. The molecule has 1 fully saturated rings. The lowest BCUT2D eigenvalue weighted by molar-refractivity contribution is 0.102.